The fourth-order valence-electron chi connectivity index (χ4n) is 5.00. The summed E-state index contributed by atoms with van der Waals surface area (Å²) >= 11 is 0. The minimum atomic E-state index is 0.152. The van der Waals surface area contributed by atoms with E-state index in [-0.39, 0.29) is 5.41 Å². The molecular formula is C24H30N6O. The van der Waals surface area contributed by atoms with Crippen molar-refractivity contribution in [3.05, 3.63) is 59.8 Å². The number of benzene rings is 1. The van der Waals surface area contributed by atoms with E-state index in [9.17, 15) is 0 Å². The third-order valence-electron chi connectivity index (χ3n) is 6.74. The molecule has 0 unspecified atom stereocenters. The molecule has 5 rings (SSSR count). The number of nitrogens with one attached hydrogen (secondary N) is 2. The molecule has 1 saturated heterocycles. The molecular weight excluding hydrogens is 388 g/mol. The number of fused-ring (bicyclic) bond motifs is 2. The van der Waals surface area contributed by atoms with Crippen LogP contribution in [0.2, 0.25) is 0 Å². The topological polar surface area (TPSA) is 79.0 Å². The molecule has 0 saturated carbocycles. The second-order valence-corrected chi connectivity index (χ2v) is 8.60. The summed E-state index contributed by atoms with van der Waals surface area (Å²) in [6.45, 7) is 4.43. The lowest BCUT2D eigenvalue weighted by molar-refractivity contribution is 0.147. The van der Waals surface area contributed by atoms with E-state index < -0.39 is 0 Å². The first-order chi connectivity index (χ1) is 15.3. The van der Waals surface area contributed by atoms with Crippen molar-refractivity contribution >= 4 is 5.82 Å². The van der Waals surface area contributed by atoms with Gasteiger partial charge in [0, 0.05) is 42.6 Å². The van der Waals surface area contributed by atoms with Crippen LogP contribution in [0.3, 0.4) is 0 Å². The van der Waals surface area contributed by atoms with Gasteiger partial charge in [-0.2, -0.15) is 0 Å². The Bertz CT molecular complexity index is 996. The summed E-state index contributed by atoms with van der Waals surface area (Å²) in [6.07, 6.45) is 8.18. The molecule has 2 aliphatic rings. The van der Waals surface area contributed by atoms with Crippen molar-refractivity contribution in [2.24, 2.45) is 0 Å². The van der Waals surface area contributed by atoms with Crippen molar-refractivity contribution in [1.29, 1.82) is 0 Å². The third-order valence-corrected chi connectivity index (χ3v) is 6.74. The number of methoxy groups -OCH3 is 1. The SMILES string of the molecule is COCCNc1nc(-c2ccccc2)nc2c1CCC21CCN(Cc2ncc[nH]2)CC1. The second kappa shape index (κ2) is 8.77. The highest BCUT2D eigenvalue weighted by Gasteiger charge is 2.44. The van der Waals surface area contributed by atoms with Gasteiger partial charge in [0.25, 0.3) is 0 Å². The zero-order chi connectivity index (χ0) is 21.1. The highest BCUT2D eigenvalue weighted by atomic mass is 16.5. The predicted molar refractivity (Wildman–Crippen MR) is 121 cm³/mol. The van der Waals surface area contributed by atoms with Gasteiger partial charge in [0.05, 0.1) is 18.8 Å². The van der Waals surface area contributed by atoms with Gasteiger partial charge in [0.15, 0.2) is 5.82 Å². The zero-order valence-electron chi connectivity index (χ0n) is 18.1. The Labute approximate surface area is 183 Å². The maximum Gasteiger partial charge on any atom is 0.161 e. The van der Waals surface area contributed by atoms with Gasteiger partial charge < -0.3 is 15.0 Å². The van der Waals surface area contributed by atoms with Gasteiger partial charge >= 0.3 is 0 Å². The van der Waals surface area contributed by atoms with Crippen molar-refractivity contribution < 1.29 is 4.74 Å². The molecule has 2 aromatic heterocycles. The molecule has 3 aromatic rings. The van der Waals surface area contributed by atoms with E-state index in [4.69, 9.17) is 14.7 Å². The highest BCUT2D eigenvalue weighted by Crippen LogP contribution is 2.47. The van der Waals surface area contributed by atoms with Crippen LogP contribution < -0.4 is 5.32 Å². The number of likely N-dealkylation sites (tertiary alicyclic amines) is 1. The lowest BCUT2D eigenvalue weighted by atomic mass is 9.76. The molecule has 0 bridgehead atoms. The molecule has 1 aromatic carbocycles. The summed E-state index contributed by atoms with van der Waals surface area (Å²) in [5.74, 6) is 2.84. The van der Waals surface area contributed by atoms with Crippen LogP contribution in [0.5, 0.6) is 0 Å². The van der Waals surface area contributed by atoms with E-state index in [1.54, 1.807) is 7.11 Å². The van der Waals surface area contributed by atoms with Crippen LogP contribution in [0.15, 0.2) is 42.7 Å². The molecule has 31 heavy (non-hydrogen) atoms. The largest absolute Gasteiger partial charge is 0.383 e. The molecule has 1 aliphatic carbocycles. The number of nitrogens with zero attached hydrogens (tertiary/aromatic N) is 4. The Morgan fingerprint density at radius 2 is 1.97 bits per heavy atom. The quantitative estimate of drug-likeness (QED) is 0.573. The normalized spacial score (nSPS) is 17.7. The van der Waals surface area contributed by atoms with E-state index in [1.165, 1.54) is 11.3 Å². The van der Waals surface area contributed by atoms with Crippen molar-refractivity contribution in [1.82, 2.24) is 24.8 Å². The monoisotopic (exact) mass is 418 g/mol. The highest BCUT2D eigenvalue weighted by molar-refractivity contribution is 5.62. The van der Waals surface area contributed by atoms with Crippen molar-refractivity contribution in [3.8, 4) is 11.4 Å². The van der Waals surface area contributed by atoms with Gasteiger partial charge in [0.2, 0.25) is 0 Å². The molecule has 7 nitrogen and oxygen atoms in total. The third kappa shape index (κ3) is 4.07. The minimum Gasteiger partial charge on any atom is -0.383 e. The van der Waals surface area contributed by atoms with E-state index in [0.717, 1.165) is 74.9 Å². The first-order valence-corrected chi connectivity index (χ1v) is 11.2. The minimum absolute atomic E-state index is 0.152. The summed E-state index contributed by atoms with van der Waals surface area (Å²) in [5, 5.41) is 3.52. The molecule has 3 heterocycles. The van der Waals surface area contributed by atoms with Crippen LogP contribution >= 0.6 is 0 Å². The number of aromatic amines is 1. The number of aromatic nitrogens is 4. The molecule has 1 aliphatic heterocycles. The van der Waals surface area contributed by atoms with Gasteiger partial charge in [-0.1, -0.05) is 30.3 Å². The Morgan fingerprint density at radius 3 is 2.71 bits per heavy atom. The number of anilines is 1. The number of H-pyrrole nitrogens is 1. The Morgan fingerprint density at radius 1 is 1.13 bits per heavy atom. The maximum atomic E-state index is 5.24. The lowest BCUT2D eigenvalue weighted by Gasteiger charge is -2.39. The molecule has 0 atom stereocenters. The first-order valence-electron chi connectivity index (χ1n) is 11.2. The van der Waals surface area contributed by atoms with Crippen LogP contribution in [0.4, 0.5) is 5.82 Å². The number of imidazole rings is 1. The Kier molecular flexibility index (Phi) is 5.70. The molecule has 0 amide bonds. The number of piperidine rings is 1. The summed E-state index contributed by atoms with van der Waals surface area (Å²) in [7, 11) is 1.73. The first kappa shape index (κ1) is 20.2. The Hall–Kier alpha value is -2.77. The Balaban J connectivity index is 1.43. The van der Waals surface area contributed by atoms with Gasteiger partial charge in [-0.05, 0) is 38.8 Å². The lowest BCUT2D eigenvalue weighted by Crippen LogP contribution is -2.41. The van der Waals surface area contributed by atoms with Crippen molar-refractivity contribution in [3.63, 3.8) is 0 Å². The zero-order valence-corrected chi connectivity index (χ0v) is 18.1. The van der Waals surface area contributed by atoms with Crippen LogP contribution in [0.1, 0.15) is 36.3 Å². The summed E-state index contributed by atoms with van der Waals surface area (Å²) < 4.78 is 5.24. The van der Waals surface area contributed by atoms with Crippen LogP contribution in [0.25, 0.3) is 11.4 Å². The second-order valence-electron chi connectivity index (χ2n) is 8.60. The summed E-state index contributed by atoms with van der Waals surface area (Å²) in [4.78, 5) is 20.2. The van der Waals surface area contributed by atoms with Gasteiger partial charge in [-0.3, -0.25) is 4.90 Å². The molecule has 0 radical (unpaired) electrons. The fraction of sp³-hybridized carbons (Fsp3) is 0.458. The van der Waals surface area contributed by atoms with Crippen LogP contribution in [-0.4, -0.2) is 58.2 Å². The maximum absolute atomic E-state index is 5.24. The van der Waals surface area contributed by atoms with Crippen LogP contribution in [-0.2, 0) is 23.1 Å². The number of rotatable bonds is 7. The average molecular weight is 419 g/mol. The molecule has 1 fully saturated rings. The van der Waals surface area contributed by atoms with E-state index >= 15 is 0 Å². The summed E-state index contributed by atoms with van der Waals surface area (Å²) in [5.41, 5.74) is 3.78. The van der Waals surface area contributed by atoms with E-state index in [0.29, 0.717) is 6.61 Å². The van der Waals surface area contributed by atoms with Crippen molar-refractivity contribution in [2.75, 3.05) is 38.7 Å². The smallest absolute Gasteiger partial charge is 0.161 e. The molecule has 162 valence electrons. The molecule has 2 N–H and O–H groups in total. The number of hydrogen-bond donors (Lipinski definition) is 2. The van der Waals surface area contributed by atoms with Crippen LogP contribution in [0, 0.1) is 0 Å². The molecule has 7 heteroatoms. The van der Waals surface area contributed by atoms with Crippen molar-refractivity contribution in [2.45, 2.75) is 37.6 Å². The number of hydrogen-bond acceptors (Lipinski definition) is 6. The van der Waals surface area contributed by atoms with Gasteiger partial charge in [-0.15, -0.1) is 0 Å². The van der Waals surface area contributed by atoms with E-state index in [2.05, 4.69) is 32.3 Å². The standard InChI is InChI=1S/C24H30N6O/c1-31-16-13-27-23-19-7-8-24(9-14-30(15-10-24)17-20-25-11-12-26-20)21(19)28-22(29-23)18-5-3-2-4-6-18/h2-6,11-12H,7-10,13-17H2,1H3,(H,25,26)(H,27,28,29). The van der Waals surface area contributed by atoms with Gasteiger partial charge in [-0.25, -0.2) is 15.0 Å². The van der Waals surface area contributed by atoms with E-state index in [1.807, 2.05) is 30.6 Å². The predicted octanol–water partition coefficient (Wildman–Crippen LogP) is 3.41. The summed E-state index contributed by atoms with van der Waals surface area (Å²) in [6, 6.07) is 10.3. The molecule has 1 spiro atoms. The average Bonchev–Trinajstić information content (AvgIpc) is 3.45. The van der Waals surface area contributed by atoms with Gasteiger partial charge in [0.1, 0.15) is 11.6 Å². The number of ether oxygens (including phenoxy) is 1. The fourth-order valence-corrected chi connectivity index (χ4v) is 5.00.